The fourth-order valence-electron chi connectivity index (χ4n) is 3.08. The van der Waals surface area contributed by atoms with Crippen LogP contribution in [0.15, 0.2) is 29.8 Å². The van der Waals surface area contributed by atoms with Gasteiger partial charge >= 0.3 is 5.97 Å². The van der Waals surface area contributed by atoms with Gasteiger partial charge in [-0.3, -0.25) is 20.2 Å². The predicted octanol–water partition coefficient (Wildman–Crippen LogP) is 4.43. The predicted molar refractivity (Wildman–Crippen MR) is 94.9 cm³/mol. The molecule has 0 aromatic heterocycles. The topological polar surface area (TPSA) is 113 Å². The van der Waals surface area contributed by atoms with E-state index < -0.39 is 27.2 Å². The van der Waals surface area contributed by atoms with Gasteiger partial charge in [-0.25, -0.2) is 4.79 Å². The van der Waals surface area contributed by atoms with E-state index in [0.29, 0.717) is 18.3 Å². The van der Waals surface area contributed by atoms with Crippen LogP contribution in [0.3, 0.4) is 0 Å². The highest BCUT2D eigenvalue weighted by molar-refractivity contribution is 5.91. The van der Waals surface area contributed by atoms with E-state index in [1.807, 2.05) is 0 Å². The first-order valence-corrected chi connectivity index (χ1v) is 8.54. The molecule has 26 heavy (non-hydrogen) atoms. The number of esters is 1. The lowest BCUT2D eigenvalue weighted by molar-refractivity contribution is -0.394. The smallest absolute Gasteiger partial charge is 0.338 e. The van der Waals surface area contributed by atoms with Crippen molar-refractivity contribution < 1.29 is 19.4 Å². The third kappa shape index (κ3) is 5.11. The van der Waals surface area contributed by atoms with Crippen molar-refractivity contribution in [3.63, 3.8) is 0 Å². The van der Waals surface area contributed by atoms with Gasteiger partial charge in [0.1, 0.15) is 0 Å². The number of rotatable bonds is 7. The summed E-state index contributed by atoms with van der Waals surface area (Å²) in [5.41, 5.74) is 0.203. The molecule has 0 fully saturated rings. The molecular formula is C18H22N2O6. The molecule has 1 aliphatic rings. The van der Waals surface area contributed by atoms with Crippen LogP contribution in [-0.4, -0.2) is 22.4 Å². The monoisotopic (exact) mass is 362 g/mol. The molecule has 1 aromatic carbocycles. The van der Waals surface area contributed by atoms with E-state index in [0.717, 1.165) is 37.5 Å². The molecular weight excluding hydrogens is 340 g/mol. The summed E-state index contributed by atoms with van der Waals surface area (Å²) in [7, 11) is 0. The molecule has 1 aromatic rings. The molecule has 2 rings (SSSR count). The molecule has 1 aliphatic carbocycles. The Labute approximate surface area is 151 Å². The molecule has 8 nitrogen and oxygen atoms in total. The van der Waals surface area contributed by atoms with Gasteiger partial charge in [-0.1, -0.05) is 18.6 Å². The van der Waals surface area contributed by atoms with Crippen LogP contribution in [0, 0.1) is 32.1 Å². The summed E-state index contributed by atoms with van der Waals surface area (Å²) in [5.74, 6) is 0.145. The van der Waals surface area contributed by atoms with Crippen molar-refractivity contribution in [1.82, 2.24) is 0 Å². The molecule has 2 atom stereocenters. The Hall–Kier alpha value is -2.77. The second kappa shape index (κ2) is 8.55. The maximum atomic E-state index is 12.1. The van der Waals surface area contributed by atoms with Gasteiger partial charge in [0, 0.05) is 12.1 Å². The number of hydrogen-bond acceptors (Lipinski definition) is 6. The molecule has 0 radical (unpaired) electrons. The number of carbonyl (C=O) groups excluding carboxylic acids is 1. The normalized spacial score (nSPS) is 17.9. The average molecular weight is 362 g/mol. The van der Waals surface area contributed by atoms with Crippen LogP contribution >= 0.6 is 0 Å². The summed E-state index contributed by atoms with van der Waals surface area (Å²) in [6.07, 6.45) is 6.16. The summed E-state index contributed by atoms with van der Waals surface area (Å²) in [4.78, 5) is 32.3. The van der Waals surface area contributed by atoms with Crippen LogP contribution in [0.1, 0.15) is 49.9 Å². The van der Waals surface area contributed by atoms with Crippen LogP contribution in [0.4, 0.5) is 11.4 Å². The van der Waals surface area contributed by atoms with E-state index >= 15 is 0 Å². The Balaban J connectivity index is 1.95. The zero-order valence-corrected chi connectivity index (χ0v) is 14.8. The van der Waals surface area contributed by atoms with Crippen molar-refractivity contribution in [2.24, 2.45) is 11.8 Å². The first kappa shape index (κ1) is 19.6. The summed E-state index contributed by atoms with van der Waals surface area (Å²) in [6.45, 7) is 4.42. The standard InChI is InChI=1S/C18H22N2O6/c1-12-3-5-14(6-4-12)13(2)7-8-26-18(21)15-9-16(19(22)23)11-17(10-15)20(24)25/h3,9-11,13-14H,4-8H2,1-2H3/t13-,14+/m0/s1. The van der Waals surface area contributed by atoms with E-state index in [2.05, 4.69) is 19.9 Å². The fraction of sp³-hybridized carbons (Fsp3) is 0.500. The van der Waals surface area contributed by atoms with Crippen molar-refractivity contribution in [2.45, 2.75) is 39.5 Å². The zero-order chi connectivity index (χ0) is 19.3. The van der Waals surface area contributed by atoms with E-state index in [-0.39, 0.29) is 12.2 Å². The van der Waals surface area contributed by atoms with Gasteiger partial charge in [-0.2, -0.15) is 0 Å². The van der Waals surface area contributed by atoms with Crippen molar-refractivity contribution in [1.29, 1.82) is 0 Å². The SMILES string of the molecule is CC1=CC[C@@H]([C@@H](C)CCOC(=O)c2cc([N+](=O)[O-])cc([N+](=O)[O-])c2)CC1. The Bertz CT molecular complexity index is 711. The molecule has 140 valence electrons. The molecule has 0 unspecified atom stereocenters. The summed E-state index contributed by atoms with van der Waals surface area (Å²) < 4.78 is 5.18. The lowest BCUT2D eigenvalue weighted by Gasteiger charge is -2.26. The second-order valence-corrected chi connectivity index (χ2v) is 6.74. The van der Waals surface area contributed by atoms with Crippen molar-refractivity contribution >= 4 is 17.3 Å². The molecule has 0 aliphatic heterocycles. The maximum Gasteiger partial charge on any atom is 0.338 e. The van der Waals surface area contributed by atoms with Crippen molar-refractivity contribution in [3.8, 4) is 0 Å². The highest BCUT2D eigenvalue weighted by Crippen LogP contribution is 2.31. The fourth-order valence-corrected chi connectivity index (χ4v) is 3.08. The number of nitro benzene ring substituents is 2. The Morgan fingerprint density at radius 2 is 1.85 bits per heavy atom. The number of hydrogen-bond donors (Lipinski definition) is 0. The molecule has 0 spiro atoms. The minimum absolute atomic E-state index is 0.176. The van der Waals surface area contributed by atoms with Crippen LogP contribution in [0.25, 0.3) is 0 Å². The third-order valence-corrected chi connectivity index (χ3v) is 4.85. The van der Waals surface area contributed by atoms with Crippen molar-refractivity contribution in [3.05, 3.63) is 55.6 Å². The van der Waals surface area contributed by atoms with Crippen LogP contribution in [0.5, 0.6) is 0 Å². The van der Waals surface area contributed by atoms with Crippen LogP contribution in [-0.2, 0) is 4.74 Å². The van der Waals surface area contributed by atoms with Crippen LogP contribution < -0.4 is 0 Å². The number of non-ortho nitro benzene ring substituents is 2. The van der Waals surface area contributed by atoms with Gasteiger partial charge < -0.3 is 4.74 Å². The van der Waals surface area contributed by atoms with Gasteiger partial charge in [-0.05, 0) is 44.4 Å². The molecule has 0 amide bonds. The number of nitrogens with zero attached hydrogens (tertiary/aromatic N) is 2. The molecule has 0 bridgehead atoms. The summed E-state index contributed by atoms with van der Waals surface area (Å²) in [6, 6.07) is 2.80. The Morgan fingerprint density at radius 1 is 1.23 bits per heavy atom. The highest BCUT2D eigenvalue weighted by atomic mass is 16.6. The Kier molecular flexibility index (Phi) is 6.43. The van der Waals surface area contributed by atoms with Crippen molar-refractivity contribution in [2.75, 3.05) is 6.61 Å². The van der Waals surface area contributed by atoms with Gasteiger partial charge in [0.25, 0.3) is 11.4 Å². The minimum Gasteiger partial charge on any atom is -0.462 e. The number of nitro groups is 2. The lowest BCUT2D eigenvalue weighted by Crippen LogP contribution is -2.17. The maximum absolute atomic E-state index is 12.1. The zero-order valence-electron chi connectivity index (χ0n) is 14.8. The van der Waals surface area contributed by atoms with Crippen LogP contribution in [0.2, 0.25) is 0 Å². The average Bonchev–Trinajstić information content (AvgIpc) is 2.61. The number of allylic oxidation sites excluding steroid dienone is 2. The molecule has 0 saturated carbocycles. The third-order valence-electron chi connectivity index (χ3n) is 4.85. The lowest BCUT2D eigenvalue weighted by atomic mass is 9.80. The van der Waals surface area contributed by atoms with E-state index in [1.54, 1.807) is 0 Å². The van der Waals surface area contributed by atoms with Gasteiger partial charge in [-0.15, -0.1) is 0 Å². The largest absolute Gasteiger partial charge is 0.462 e. The Morgan fingerprint density at radius 3 is 2.35 bits per heavy atom. The van der Waals surface area contributed by atoms with Gasteiger partial charge in [0.2, 0.25) is 0 Å². The highest BCUT2D eigenvalue weighted by Gasteiger charge is 2.22. The second-order valence-electron chi connectivity index (χ2n) is 6.74. The minimum atomic E-state index is -0.789. The quantitative estimate of drug-likeness (QED) is 0.307. The molecule has 0 N–H and O–H groups in total. The molecule has 0 heterocycles. The van der Waals surface area contributed by atoms with Gasteiger partial charge in [0.15, 0.2) is 0 Å². The number of benzene rings is 1. The molecule has 8 heteroatoms. The number of ether oxygens (including phenoxy) is 1. The first-order chi connectivity index (χ1) is 12.3. The summed E-state index contributed by atoms with van der Waals surface area (Å²) >= 11 is 0. The van der Waals surface area contributed by atoms with E-state index in [9.17, 15) is 25.0 Å². The molecule has 0 saturated heterocycles. The number of carbonyl (C=O) groups is 1. The van der Waals surface area contributed by atoms with Gasteiger partial charge in [0.05, 0.1) is 28.1 Å². The first-order valence-electron chi connectivity index (χ1n) is 8.54. The van der Waals surface area contributed by atoms with E-state index in [4.69, 9.17) is 4.74 Å². The van der Waals surface area contributed by atoms with E-state index in [1.165, 1.54) is 5.57 Å². The summed E-state index contributed by atoms with van der Waals surface area (Å²) in [5, 5.41) is 21.8.